The molecule has 2 aromatic heterocycles. The van der Waals surface area contributed by atoms with Crippen LogP contribution in [-0.2, 0) is 0 Å². The predicted octanol–water partition coefficient (Wildman–Crippen LogP) is 5.67. The molecule has 0 saturated carbocycles. The Morgan fingerprint density at radius 1 is 1.19 bits per heavy atom. The molecule has 0 saturated heterocycles. The van der Waals surface area contributed by atoms with Gasteiger partial charge in [0, 0.05) is 14.5 Å². The molecular weight excluding hydrogens is 294 g/mol. The minimum Gasteiger partial charge on any atom is -0.306 e. The number of fused-ring (bicyclic) bond motifs is 1. The fourth-order valence-corrected chi connectivity index (χ4v) is 4.72. The summed E-state index contributed by atoms with van der Waals surface area (Å²) in [6.45, 7) is 7.69. The van der Waals surface area contributed by atoms with Crippen LogP contribution < -0.4 is 5.32 Å². The molecule has 2 heterocycles. The first-order valence-corrected chi connectivity index (χ1v) is 9.16. The highest BCUT2D eigenvalue weighted by molar-refractivity contribution is 7.17. The van der Waals surface area contributed by atoms with E-state index in [4.69, 9.17) is 0 Å². The van der Waals surface area contributed by atoms with Crippen molar-refractivity contribution in [3.63, 3.8) is 0 Å². The topological polar surface area (TPSA) is 12.0 Å². The molecule has 0 radical (unpaired) electrons. The maximum Gasteiger partial charge on any atom is 0.0685 e. The van der Waals surface area contributed by atoms with E-state index >= 15 is 0 Å². The molecule has 0 aliphatic rings. The van der Waals surface area contributed by atoms with Crippen molar-refractivity contribution in [3.05, 3.63) is 56.6 Å². The van der Waals surface area contributed by atoms with Crippen molar-refractivity contribution in [2.75, 3.05) is 6.54 Å². The van der Waals surface area contributed by atoms with Crippen LogP contribution in [0.2, 0.25) is 0 Å². The van der Waals surface area contributed by atoms with Crippen molar-refractivity contribution in [1.29, 1.82) is 0 Å². The van der Waals surface area contributed by atoms with Crippen molar-refractivity contribution in [3.8, 4) is 0 Å². The van der Waals surface area contributed by atoms with Gasteiger partial charge in [0.15, 0.2) is 0 Å². The average Bonchev–Trinajstić information content (AvgIpc) is 3.07. The lowest BCUT2D eigenvalue weighted by Gasteiger charge is -2.18. The van der Waals surface area contributed by atoms with E-state index < -0.39 is 0 Å². The molecule has 3 heteroatoms. The normalized spacial score (nSPS) is 12.9. The van der Waals surface area contributed by atoms with Gasteiger partial charge in [-0.25, -0.2) is 0 Å². The first-order chi connectivity index (χ1) is 10.2. The molecule has 1 aromatic carbocycles. The zero-order valence-corrected chi connectivity index (χ0v) is 14.4. The van der Waals surface area contributed by atoms with Crippen molar-refractivity contribution in [2.24, 2.45) is 0 Å². The van der Waals surface area contributed by atoms with Crippen LogP contribution in [0, 0.1) is 13.8 Å². The first-order valence-electron chi connectivity index (χ1n) is 7.47. The van der Waals surface area contributed by atoms with Gasteiger partial charge >= 0.3 is 0 Å². The van der Waals surface area contributed by atoms with Crippen LogP contribution in [0.1, 0.15) is 40.3 Å². The second kappa shape index (κ2) is 6.30. The Bertz CT molecular complexity index is 719. The molecule has 1 atom stereocenters. The Morgan fingerprint density at radius 3 is 2.76 bits per heavy atom. The minimum absolute atomic E-state index is 0.310. The van der Waals surface area contributed by atoms with E-state index in [0.29, 0.717) is 6.04 Å². The monoisotopic (exact) mass is 315 g/mol. The molecule has 3 rings (SSSR count). The van der Waals surface area contributed by atoms with Gasteiger partial charge < -0.3 is 5.32 Å². The second-order valence-corrected chi connectivity index (χ2v) is 7.67. The number of hydrogen-bond donors (Lipinski definition) is 1. The molecule has 110 valence electrons. The summed E-state index contributed by atoms with van der Waals surface area (Å²) in [4.78, 5) is 2.85. The molecule has 0 bridgehead atoms. The van der Waals surface area contributed by atoms with Gasteiger partial charge in [0.2, 0.25) is 0 Å². The van der Waals surface area contributed by atoms with E-state index in [1.807, 2.05) is 22.7 Å². The SMILES string of the molecule is CCCNC(c1cc(C)c(C)s1)c1cccc2ccsc12. The summed E-state index contributed by atoms with van der Waals surface area (Å²) in [7, 11) is 0. The van der Waals surface area contributed by atoms with Gasteiger partial charge in [0.1, 0.15) is 0 Å². The summed E-state index contributed by atoms with van der Waals surface area (Å²) in [5.41, 5.74) is 2.81. The lowest BCUT2D eigenvalue weighted by molar-refractivity contribution is 0.609. The van der Waals surface area contributed by atoms with Crippen molar-refractivity contribution < 1.29 is 0 Å². The number of rotatable bonds is 5. The number of benzene rings is 1. The summed E-state index contributed by atoms with van der Waals surface area (Å²) in [5, 5.41) is 7.28. The van der Waals surface area contributed by atoms with Gasteiger partial charge in [-0.15, -0.1) is 22.7 Å². The van der Waals surface area contributed by atoms with Crippen LogP contribution in [0.25, 0.3) is 10.1 Å². The van der Waals surface area contributed by atoms with E-state index in [-0.39, 0.29) is 0 Å². The van der Waals surface area contributed by atoms with Crippen molar-refractivity contribution >= 4 is 32.8 Å². The standard InChI is InChI=1S/C18H21NS2/c1-4-9-19-17(16-11-12(2)13(3)21-16)15-7-5-6-14-8-10-20-18(14)15/h5-8,10-11,17,19H,4,9H2,1-3H3. The maximum atomic E-state index is 3.74. The molecule has 1 nitrogen and oxygen atoms in total. The van der Waals surface area contributed by atoms with Gasteiger partial charge in [-0.3, -0.25) is 0 Å². The summed E-state index contributed by atoms with van der Waals surface area (Å²) >= 11 is 3.77. The Balaban J connectivity index is 2.08. The smallest absolute Gasteiger partial charge is 0.0685 e. The van der Waals surface area contributed by atoms with Crippen molar-refractivity contribution in [1.82, 2.24) is 5.32 Å². The Hall–Kier alpha value is -1.16. The molecule has 1 N–H and O–H groups in total. The molecule has 0 amide bonds. The van der Waals surface area contributed by atoms with Crippen LogP contribution in [-0.4, -0.2) is 6.54 Å². The highest BCUT2D eigenvalue weighted by atomic mass is 32.1. The van der Waals surface area contributed by atoms with E-state index in [1.165, 1.54) is 31.0 Å². The minimum atomic E-state index is 0.310. The summed E-state index contributed by atoms with van der Waals surface area (Å²) < 4.78 is 1.41. The number of hydrogen-bond acceptors (Lipinski definition) is 3. The van der Waals surface area contributed by atoms with Gasteiger partial charge in [-0.1, -0.05) is 25.1 Å². The molecular formula is C18H21NS2. The van der Waals surface area contributed by atoms with Crippen LogP contribution in [0.3, 0.4) is 0 Å². The van der Waals surface area contributed by atoms with Crippen LogP contribution in [0.15, 0.2) is 35.7 Å². The first kappa shape index (κ1) is 14.8. The number of nitrogens with one attached hydrogen (secondary N) is 1. The third-order valence-electron chi connectivity index (χ3n) is 3.89. The Labute approximate surface area is 134 Å². The largest absolute Gasteiger partial charge is 0.306 e. The van der Waals surface area contributed by atoms with Crippen LogP contribution in [0.5, 0.6) is 0 Å². The van der Waals surface area contributed by atoms with E-state index in [1.54, 1.807) is 0 Å². The van der Waals surface area contributed by atoms with Gasteiger partial charge in [0.25, 0.3) is 0 Å². The quantitative estimate of drug-likeness (QED) is 0.640. The van der Waals surface area contributed by atoms with Crippen LogP contribution >= 0.6 is 22.7 Å². The van der Waals surface area contributed by atoms with E-state index in [0.717, 1.165) is 13.0 Å². The Kier molecular flexibility index (Phi) is 4.43. The summed E-state index contributed by atoms with van der Waals surface area (Å²) in [6, 6.07) is 11.5. The Morgan fingerprint density at radius 2 is 2.05 bits per heavy atom. The van der Waals surface area contributed by atoms with Crippen LogP contribution in [0.4, 0.5) is 0 Å². The fraction of sp³-hybridized carbons (Fsp3) is 0.333. The zero-order valence-electron chi connectivity index (χ0n) is 12.8. The summed E-state index contributed by atoms with van der Waals surface area (Å²) in [5.74, 6) is 0. The van der Waals surface area contributed by atoms with Gasteiger partial charge in [-0.05, 0) is 60.8 Å². The molecule has 0 aliphatic heterocycles. The number of thiophene rings is 2. The van der Waals surface area contributed by atoms with E-state index in [9.17, 15) is 0 Å². The molecule has 0 fully saturated rings. The average molecular weight is 316 g/mol. The highest BCUT2D eigenvalue weighted by Crippen LogP contribution is 2.36. The van der Waals surface area contributed by atoms with Gasteiger partial charge in [0.05, 0.1) is 6.04 Å². The zero-order chi connectivity index (χ0) is 14.8. The van der Waals surface area contributed by atoms with Crippen molar-refractivity contribution in [2.45, 2.75) is 33.2 Å². The lowest BCUT2D eigenvalue weighted by atomic mass is 10.0. The fourth-order valence-electron chi connectivity index (χ4n) is 2.64. The third-order valence-corrected chi connectivity index (χ3v) is 6.09. The molecule has 21 heavy (non-hydrogen) atoms. The predicted molar refractivity (Wildman–Crippen MR) is 95.8 cm³/mol. The second-order valence-electron chi connectivity index (χ2n) is 5.46. The molecule has 0 spiro atoms. The molecule has 0 aliphatic carbocycles. The molecule has 3 aromatic rings. The number of aryl methyl sites for hydroxylation is 2. The van der Waals surface area contributed by atoms with E-state index in [2.05, 4.69) is 61.8 Å². The summed E-state index contributed by atoms with van der Waals surface area (Å²) in [6.07, 6.45) is 1.15. The maximum absolute atomic E-state index is 3.74. The molecule has 1 unspecified atom stereocenters. The highest BCUT2D eigenvalue weighted by Gasteiger charge is 2.19. The third kappa shape index (κ3) is 2.91. The lowest BCUT2D eigenvalue weighted by Crippen LogP contribution is -2.22. The van der Waals surface area contributed by atoms with Gasteiger partial charge in [-0.2, -0.15) is 0 Å².